The smallest absolute Gasteiger partial charge is 0.227 e. The molecule has 0 saturated carbocycles. The predicted molar refractivity (Wildman–Crippen MR) is 68.4 cm³/mol. The van der Waals surface area contributed by atoms with Gasteiger partial charge in [-0.25, -0.2) is 0 Å². The summed E-state index contributed by atoms with van der Waals surface area (Å²) in [6.07, 6.45) is -0.801. The largest absolute Gasteiger partial charge is 0.508 e. The van der Waals surface area contributed by atoms with Gasteiger partial charge in [0.1, 0.15) is 12.0 Å². The second-order valence-corrected chi connectivity index (χ2v) is 4.61. The number of amides is 2. The van der Waals surface area contributed by atoms with E-state index < -0.39 is 12.1 Å². The van der Waals surface area contributed by atoms with E-state index in [0.717, 1.165) is 0 Å². The number of aliphatic hydroxyl groups excluding tert-OH is 1. The van der Waals surface area contributed by atoms with Gasteiger partial charge < -0.3 is 20.4 Å². The number of aromatic hydroxyl groups is 1. The number of rotatable bonds is 3. The molecule has 19 heavy (non-hydrogen) atoms. The van der Waals surface area contributed by atoms with Crippen LogP contribution in [0, 0.1) is 5.92 Å². The highest BCUT2D eigenvalue weighted by molar-refractivity contribution is 6.00. The Morgan fingerprint density at radius 2 is 2.05 bits per heavy atom. The maximum Gasteiger partial charge on any atom is 0.227 e. The first-order valence-electron chi connectivity index (χ1n) is 6.05. The van der Waals surface area contributed by atoms with Crippen LogP contribution in [-0.4, -0.2) is 34.8 Å². The molecule has 2 atom stereocenters. The number of carbonyl (C=O) groups excluding carboxylic acids is 2. The highest BCUT2D eigenvalue weighted by Gasteiger charge is 2.35. The van der Waals surface area contributed by atoms with Gasteiger partial charge in [-0.05, 0) is 31.2 Å². The van der Waals surface area contributed by atoms with Gasteiger partial charge in [-0.2, -0.15) is 0 Å². The molecule has 3 N–H and O–H groups in total. The van der Waals surface area contributed by atoms with E-state index in [1.165, 1.54) is 24.0 Å². The van der Waals surface area contributed by atoms with Crippen LogP contribution in [0.5, 0.6) is 5.75 Å². The zero-order valence-electron chi connectivity index (χ0n) is 10.5. The maximum atomic E-state index is 11.9. The van der Waals surface area contributed by atoms with Gasteiger partial charge in [0.05, 0.1) is 5.92 Å². The molecule has 6 nitrogen and oxygen atoms in total. The zero-order valence-corrected chi connectivity index (χ0v) is 10.5. The Hall–Kier alpha value is -2.08. The average molecular weight is 264 g/mol. The van der Waals surface area contributed by atoms with E-state index in [9.17, 15) is 14.7 Å². The topological polar surface area (TPSA) is 89.9 Å². The van der Waals surface area contributed by atoms with Crippen LogP contribution in [0.1, 0.15) is 13.3 Å². The summed E-state index contributed by atoms with van der Waals surface area (Å²) < 4.78 is 0. The summed E-state index contributed by atoms with van der Waals surface area (Å²) in [4.78, 5) is 25.1. The number of phenolic OH excluding ortho intramolecular Hbond substituents is 1. The van der Waals surface area contributed by atoms with Crippen molar-refractivity contribution in [3.63, 3.8) is 0 Å². The van der Waals surface area contributed by atoms with E-state index in [0.29, 0.717) is 5.69 Å². The molecule has 1 aliphatic rings. The lowest BCUT2D eigenvalue weighted by Crippen LogP contribution is -2.38. The first-order chi connectivity index (χ1) is 8.97. The van der Waals surface area contributed by atoms with Crippen LogP contribution in [-0.2, 0) is 9.59 Å². The van der Waals surface area contributed by atoms with E-state index in [2.05, 4.69) is 5.32 Å². The lowest BCUT2D eigenvalue weighted by Gasteiger charge is -2.17. The van der Waals surface area contributed by atoms with Crippen LogP contribution in [0.25, 0.3) is 0 Å². The first-order valence-corrected chi connectivity index (χ1v) is 6.05. The Labute approximate surface area is 110 Å². The van der Waals surface area contributed by atoms with E-state index in [1.807, 2.05) is 0 Å². The Bertz CT molecular complexity index is 484. The predicted octanol–water partition coefficient (Wildman–Crippen LogP) is 0.200. The van der Waals surface area contributed by atoms with Crippen molar-refractivity contribution in [1.82, 2.24) is 5.32 Å². The molecule has 0 aliphatic carbocycles. The van der Waals surface area contributed by atoms with Gasteiger partial charge in [0.15, 0.2) is 0 Å². The van der Waals surface area contributed by atoms with Crippen molar-refractivity contribution in [1.29, 1.82) is 0 Å². The number of phenols is 1. The lowest BCUT2D eigenvalue weighted by molar-refractivity contribution is -0.128. The minimum atomic E-state index is -0.926. The third-order valence-corrected chi connectivity index (χ3v) is 3.01. The summed E-state index contributed by atoms with van der Waals surface area (Å²) in [5.41, 5.74) is 0.648. The van der Waals surface area contributed by atoms with Crippen LogP contribution < -0.4 is 10.2 Å². The number of anilines is 1. The van der Waals surface area contributed by atoms with Gasteiger partial charge in [-0.1, -0.05) is 0 Å². The van der Waals surface area contributed by atoms with Gasteiger partial charge in [-0.15, -0.1) is 0 Å². The van der Waals surface area contributed by atoms with Crippen molar-refractivity contribution in [2.24, 2.45) is 5.92 Å². The van der Waals surface area contributed by atoms with Crippen LogP contribution >= 0.6 is 0 Å². The first kappa shape index (κ1) is 13.4. The number of benzene rings is 1. The van der Waals surface area contributed by atoms with Crippen molar-refractivity contribution in [3.05, 3.63) is 24.3 Å². The molecule has 0 bridgehead atoms. The van der Waals surface area contributed by atoms with Crippen molar-refractivity contribution in [2.75, 3.05) is 11.4 Å². The van der Waals surface area contributed by atoms with Gasteiger partial charge in [-0.3, -0.25) is 9.59 Å². The average Bonchev–Trinajstić information content (AvgIpc) is 2.72. The second-order valence-electron chi connectivity index (χ2n) is 4.61. The highest BCUT2D eigenvalue weighted by atomic mass is 16.3. The molecule has 2 unspecified atom stereocenters. The third-order valence-electron chi connectivity index (χ3n) is 3.01. The molecule has 1 aromatic carbocycles. The Kier molecular flexibility index (Phi) is 3.71. The normalized spacial score (nSPS) is 20.4. The Morgan fingerprint density at radius 1 is 1.42 bits per heavy atom. The van der Waals surface area contributed by atoms with E-state index in [-0.39, 0.29) is 30.5 Å². The van der Waals surface area contributed by atoms with Gasteiger partial charge >= 0.3 is 0 Å². The van der Waals surface area contributed by atoms with E-state index in [4.69, 9.17) is 5.11 Å². The van der Waals surface area contributed by atoms with Crippen LogP contribution in [0.2, 0.25) is 0 Å². The number of nitrogens with zero attached hydrogens (tertiary/aromatic N) is 1. The molecular weight excluding hydrogens is 248 g/mol. The molecular formula is C13H16N2O4. The number of aliphatic hydroxyl groups is 1. The minimum Gasteiger partial charge on any atom is -0.508 e. The number of nitrogens with one attached hydrogen (secondary N) is 1. The molecule has 1 saturated heterocycles. The molecule has 1 aromatic rings. The zero-order chi connectivity index (χ0) is 14.0. The summed E-state index contributed by atoms with van der Waals surface area (Å²) in [6.45, 7) is 1.73. The Morgan fingerprint density at radius 3 is 2.63 bits per heavy atom. The summed E-state index contributed by atoms with van der Waals surface area (Å²) in [5.74, 6) is -0.809. The summed E-state index contributed by atoms with van der Waals surface area (Å²) in [7, 11) is 0. The summed E-state index contributed by atoms with van der Waals surface area (Å²) in [5, 5.41) is 20.7. The number of carbonyl (C=O) groups is 2. The standard InChI is InChI=1S/C13H16N2O4/c1-8(16)14-13(19)9-6-12(18)15(7-9)10-2-4-11(17)5-3-10/h2-5,8-9,16-17H,6-7H2,1H3,(H,14,19). The fraction of sp³-hybridized carbons (Fsp3) is 0.385. The molecule has 1 fully saturated rings. The molecule has 2 amide bonds. The monoisotopic (exact) mass is 264 g/mol. The van der Waals surface area contributed by atoms with E-state index >= 15 is 0 Å². The molecule has 0 aromatic heterocycles. The van der Waals surface area contributed by atoms with Crippen molar-refractivity contribution < 1.29 is 19.8 Å². The molecule has 2 rings (SSSR count). The summed E-state index contributed by atoms with van der Waals surface area (Å²) in [6, 6.07) is 6.24. The minimum absolute atomic E-state index is 0.124. The van der Waals surface area contributed by atoms with Gasteiger partial charge in [0.2, 0.25) is 11.8 Å². The second kappa shape index (κ2) is 5.27. The fourth-order valence-corrected chi connectivity index (χ4v) is 2.09. The molecule has 1 heterocycles. The molecule has 0 radical (unpaired) electrons. The number of hydrogen-bond acceptors (Lipinski definition) is 4. The van der Waals surface area contributed by atoms with Crippen molar-refractivity contribution in [2.45, 2.75) is 19.6 Å². The van der Waals surface area contributed by atoms with Crippen LogP contribution in [0.4, 0.5) is 5.69 Å². The molecule has 0 spiro atoms. The van der Waals surface area contributed by atoms with Crippen LogP contribution in [0.3, 0.4) is 0 Å². The lowest BCUT2D eigenvalue weighted by atomic mass is 10.1. The molecule has 1 aliphatic heterocycles. The fourth-order valence-electron chi connectivity index (χ4n) is 2.09. The van der Waals surface area contributed by atoms with Crippen molar-refractivity contribution >= 4 is 17.5 Å². The van der Waals surface area contributed by atoms with Gasteiger partial charge in [0.25, 0.3) is 0 Å². The molecule has 6 heteroatoms. The number of hydrogen-bond donors (Lipinski definition) is 3. The maximum absolute atomic E-state index is 11.9. The third kappa shape index (κ3) is 3.03. The van der Waals surface area contributed by atoms with Crippen LogP contribution in [0.15, 0.2) is 24.3 Å². The quantitative estimate of drug-likeness (QED) is 0.680. The van der Waals surface area contributed by atoms with E-state index in [1.54, 1.807) is 12.1 Å². The van der Waals surface area contributed by atoms with Gasteiger partial charge in [0, 0.05) is 18.7 Å². The Balaban J connectivity index is 2.07. The SMILES string of the molecule is CC(O)NC(=O)C1CC(=O)N(c2ccc(O)cc2)C1. The van der Waals surface area contributed by atoms with Crippen molar-refractivity contribution in [3.8, 4) is 5.75 Å². The highest BCUT2D eigenvalue weighted by Crippen LogP contribution is 2.26. The molecule has 102 valence electrons. The summed E-state index contributed by atoms with van der Waals surface area (Å²) >= 11 is 0.